The minimum atomic E-state index is -0.510. The molecule has 0 unspecified atom stereocenters. The standard InChI is InChI=1S/C17H22N2O2.CO2/c1-5-15(20)17(3,4)10-21-14-8-6-7-13-16(14)12(18)9-11(2)19-13;2-1-3/h6-9H,5,10H2,1-4H3,(H2,18,19);. The van der Waals surface area contributed by atoms with Crippen LogP contribution in [-0.4, -0.2) is 23.5 Å². The van der Waals surface area contributed by atoms with E-state index in [4.69, 9.17) is 20.1 Å². The number of hydrogen-bond acceptors (Lipinski definition) is 6. The summed E-state index contributed by atoms with van der Waals surface area (Å²) < 4.78 is 5.89. The zero-order chi connectivity index (χ0) is 18.3. The van der Waals surface area contributed by atoms with Crippen molar-refractivity contribution in [3.63, 3.8) is 0 Å². The maximum atomic E-state index is 11.9. The van der Waals surface area contributed by atoms with Crippen LogP contribution in [0.2, 0.25) is 0 Å². The summed E-state index contributed by atoms with van der Waals surface area (Å²) in [5, 5.41) is 0.808. The van der Waals surface area contributed by atoms with Crippen molar-refractivity contribution in [1.29, 1.82) is 0 Å². The molecule has 0 aliphatic carbocycles. The number of anilines is 1. The van der Waals surface area contributed by atoms with Gasteiger partial charge in [0.2, 0.25) is 0 Å². The molecule has 0 aliphatic heterocycles. The third-order valence-corrected chi connectivity index (χ3v) is 3.62. The lowest BCUT2D eigenvalue weighted by Crippen LogP contribution is -2.30. The monoisotopic (exact) mass is 330 g/mol. The normalized spacial score (nSPS) is 10.5. The van der Waals surface area contributed by atoms with Crippen molar-refractivity contribution in [1.82, 2.24) is 4.98 Å². The summed E-state index contributed by atoms with van der Waals surface area (Å²) in [6.07, 6.45) is 0.759. The largest absolute Gasteiger partial charge is 0.492 e. The Kier molecular flexibility index (Phi) is 6.62. The van der Waals surface area contributed by atoms with Gasteiger partial charge in [-0.15, -0.1) is 0 Å². The minimum absolute atomic E-state index is 0.185. The number of nitrogens with two attached hydrogens (primary N) is 1. The first-order valence-electron chi connectivity index (χ1n) is 7.58. The average molecular weight is 330 g/mol. The summed E-state index contributed by atoms with van der Waals surface area (Å²) in [6.45, 7) is 7.90. The van der Waals surface area contributed by atoms with Crippen LogP contribution >= 0.6 is 0 Å². The van der Waals surface area contributed by atoms with Gasteiger partial charge < -0.3 is 10.5 Å². The van der Waals surface area contributed by atoms with E-state index in [1.165, 1.54) is 0 Å². The molecule has 0 bridgehead atoms. The molecule has 128 valence electrons. The summed E-state index contributed by atoms with van der Waals surface area (Å²) in [6, 6.07) is 7.49. The van der Waals surface area contributed by atoms with Gasteiger partial charge in [0.15, 0.2) is 0 Å². The lowest BCUT2D eigenvalue weighted by atomic mass is 9.88. The van der Waals surface area contributed by atoms with E-state index in [9.17, 15) is 4.79 Å². The Morgan fingerprint density at radius 2 is 1.96 bits per heavy atom. The first-order chi connectivity index (χ1) is 11.3. The summed E-state index contributed by atoms with van der Waals surface area (Å²) in [5.74, 6) is 0.860. The number of hydrogen-bond donors (Lipinski definition) is 1. The smallest absolute Gasteiger partial charge is 0.373 e. The Morgan fingerprint density at radius 3 is 2.54 bits per heavy atom. The highest BCUT2D eigenvalue weighted by Crippen LogP contribution is 2.31. The number of fused-ring (bicyclic) bond motifs is 1. The van der Waals surface area contributed by atoms with Gasteiger partial charge in [-0.2, -0.15) is 9.59 Å². The topological polar surface area (TPSA) is 99.3 Å². The van der Waals surface area contributed by atoms with Gasteiger partial charge in [-0.25, -0.2) is 0 Å². The van der Waals surface area contributed by atoms with Crippen molar-refractivity contribution in [3.8, 4) is 5.75 Å². The fourth-order valence-electron chi connectivity index (χ4n) is 2.36. The first-order valence-corrected chi connectivity index (χ1v) is 7.58. The van der Waals surface area contributed by atoms with Gasteiger partial charge >= 0.3 is 6.15 Å². The second-order valence-corrected chi connectivity index (χ2v) is 6.04. The lowest BCUT2D eigenvalue weighted by molar-refractivity contribution is -0.191. The summed E-state index contributed by atoms with van der Waals surface area (Å²) in [7, 11) is 0. The first kappa shape index (κ1) is 19.3. The van der Waals surface area contributed by atoms with Gasteiger partial charge in [0.1, 0.15) is 18.1 Å². The Bertz CT molecular complexity index is 763. The number of nitrogens with zero attached hydrogens (tertiary/aromatic N) is 1. The van der Waals surface area contributed by atoms with Crippen LogP contribution in [0.4, 0.5) is 5.69 Å². The van der Waals surface area contributed by atoms with Crippen molar-refractivity contribution in [2.75, 3.05) is 12.3 Å². The zero-order valence-electron chi connectivity index (χ0n) is 14.4. The zero-order valence-corrected chi connectivity index (χ0v) is 14.4. The Morgan fingerprint density at radius 1 is 1.33 bits per heavy atom. The summed E-state index contributed by atoms with van der Waals surface area (Å²) >= 11 is 0. The SMILES string of the molecule is CCC(=O)C(C)(C)COc1cccc2nc(C)cc(N)c12.O=C=O. The molecule has 0 aliphatic rings. The summed E-state index contributed by atoms with van der Waals surface area (Å²) in [5.41, 5.74) is 7.92. The van der Waals surface area contributed by atoms with Gasteiger partial charge in [-0.1, -0.05) is 13.0 Å². The number of benzene rings is 1. The van der Waals surface area contributed by atoms with Crippen molar-refractivity contribution in [3.05, 3.63) is 30.0 Å². The molecule has 6 nitrogen and oxygen atoms in total. The molecule has 6 heteroatoms. The lowest BCUT2D eigenvalue weighted by Gasteiger charge is -2.23. The molecular weight excluding hydrogens is 308 g/mol. The molecule has 2 rings (SSSR count). The highest BCUT2D eigenvalue weighted by Gasteiger charge is 2.27. The maximum absolute atomic E-state index is 11.9. The predicted molar refractivity (Wildman–Crippen MR) is 90.5 cm³/mol. The van der Waals surface area contributed by atoms with Gasteiger partial charge in [-0.05, 0) is 39.0 Å². The van der Waals surface area contributed by atoms with E-state index >= 15 is 0 Å². The number of aryl methyl sites for hydroxylation is 1. The number of ether oxygens (including phenoxy) is 1. The Hall–Kier alpha value is -2.72. The van der Waals surface area contributed by atoms with Crippen LogP contribution in [0.5, 0.6) is 5.75 Å². The molecule has 0 saturated heterocycles. The van der Waals surface area contributed by atoms with Crippen LogP contribution < -0.4 is 10.5 Å². The fraction of sp³-hybridized carbons (Fsp3) is 0.389. The van der Waals surface area contributed by atoms with Crippen LogP contribution in [0.25, 0.3) is 10.9 Å². The number of Topliss-reactive ketones (excluding diaryl/α,β-unsaturated/α-hetero) is 1. The predicted octanol–water partition coefficient (Wildman–Crippen LogP) is 2.93. The van der Waals surface area contributed by atoms with Crippen LogP contribution in [-0.2, 0) is 14.4 Å². The van der Waals surface area contributed by atoms with Gasteiger partial charge in [0.25, 0.3) is 0 Å². The number of nitrogen functional groups attached to an aromatic ring is 1. The third-order valence-electron chi connectivity index (χ3n) is 3.62. The van der Waals surface area contributed by atoms with Crippen LogP contribution in [0.15, 0.2) is 24.3 Å². The Labute approximate surface area is 141 Å². The number of aromatic nitrogens is 1. The number of carbonyl (C=O) groups is 1. The average Bonchev–Trinajstić information content (AvgIpc) is 2.52. The number of pyridine rings is 1. The molecule has 0 radical (unpaired) electrons. The van der Waals surface area contributed by atoms with Crippen molar-refractivity contribution < 1.29 is 19.1 Å². The van der Waals surface area contributed by atoms with Gasteiger partial charge in [0, 0.05) is 17.8 Å². The van der Waals surface area contributed by atoms with Crippen molar-refractivity contribution in [2.24, 2.45) is 5.41 Å². The Balaban J connectivity index is 0.000000891. The van der Waals surface area contributed by atoms with E-state index in [2.05, 4.69) is 4.98 Å². The minimum Gasteiger partial charge on any atom is -0.492 e. The fourth-order valence-corrected chi connectivity index (χ4v) is 2.36. The van der Waals surface area contributed by atoms with Crippen LogP contribution in [0, 0.1) is 12.3 Å². The van der Waals surface area contributed by atoms with E-state index in [1.54, 1.807) is 0 Å². The maximum Gasteiger partial charge on any atom is 0.373 e. The molecule has 0 saturated carbocycles. The van der Waals surface area contributed by atoms with Crippen LogP contribution in [0.1, 0.15) is 32.9 Å². The molecule has 24 heavy (non-hydrogen) atoms. The molecule has 0 fully saturated rings. The summed E-state index contributed by atoms with van der Waals surface area (Å²) in [4.78, 5) is 32.6. The second-order valence-electron chi connectivity index (χ2n) is 6.04. The second kappa shape index (κ2) is 8.22. The number of carbonyl (C=O) groups excluding carboxylic acids is 3. The molecule has 0 atom stereocenters. The molecule has 1 aromatic carbocycles. The van der Waals surface area contributed by atoms with E-state index in [1.807, 2.05) is 52.0 Å². The van der Waals surface area contributed by atoms with E-state index in [-0.39, 0.29) is 11.9 Å². The molecule has 2 N–H and O–H groups in total. The van der Waals surface area contributed by atoms with Gasteiger partial charge in [-0.3, -0.25) is 9.78 Å². The van der Waals surface area contributed by atoms with E-state index < -0.39 is 5.41 Å². The quantitative estimate of drug-likeness (QED) is 0.905. The van der Waals surface area contributed by atoms with Gasteiger partial charge in [0.05, 0.1) is 16.3 Å². The molecule has 0 amide bonds. The molecule has 2 aromatic rings. The highest BCUT2D eigenvalue weighted by molar-refractivity contribution is 5.95. The van der Waals surface area contributed by atoms with Crippen molar-refractivity contribution >= 4 is 28.5 Å². The molecule has 1 heterocycles. The number of ketones is 1. The van der Waals surface area contributed by atoms with E-state index in [0.717, 1.165) is 16.6 Å². The van der Waals surface area contributed by atoms with E-state index in [0.29, 0.717) is 24.5 Å². The molecular formula is C18H22N2O4. The third kappa shape index (κ3) is 4.64. The molecule has 0 spiro atoms. The highest BCUT2D eigenvalue weighted by atomic mass is 16.5. The number of rotatable bonds is 5. The molecule has 1 aromatic heterocycles. The van der Waals surface area contributed by atoms with Crippen molar-refractivity contribution in [2.45, 2.75) is 34.1 Å². The van der Waals surface area contributed by atoms with Crippen LogP contribution in [0.3, 0.4) is 0 Å².